The maximum absolute atomic E-state index is 12.5. The zero-order valence-electron chi connectivity index (χ0n) is 11.6. The van der Waals surface area contributed by atoms with Gasteiger partial charge < -0.3 is 9.47 Å². The summed E-state index contributed by atoms with van der Waals surface area (Å²) in [4.78, 5) is 22.6. The van der Waals surface area contributed by atoms with Gasteiger partial charge in [-0.2, -0.15) is 22.0 Å². The molecule has 0 atom stereocenters. The molecule has 0 saturated carbocycles. The fourth-order valence-electron chi connectivity index (χ4n) is 1.27. The zero-order chi connectivity index (χ0) is 18.5. The molecule has 134 valence electrons. The number of halogens is 7. The van der Waals surface area contributed by atoms with Gasteiger partial charge in [-0.05, 0) is 12.1 Å². The Hall–Kier alpha value is -1.61. The molecule has 0 aliphatic carbocycles. The van der Waals surface area contributed by atoms with Gasteiger partial charge in [0.2, 0.25) is 0 Å². The minimum absolute atomic E-state index is 0.0556. The Labute approximate surface area is 142 Å². The minimum atomic E-state index is -5.84. The van der Waals surface area contributed by atoms with Crippen molar-refractivity contribution >= 4 is 35.1 Å². The van der Waals surface area contributed by atoms with Crippen LogP contribution in [0, 0.1) is 0 Å². The fraction of sp³-hybridized carbons (Fsp3) is 0.385. The number of rotatable bonds is 6. The van der Waals surface area contributed by atoms with E-state index in [-0.39, 0.29) is 15.8 Å². The lowest BCUT2D eigenvalue weighted by atomic mass is 10.3. The van der Waals surface area contributed by atoms with E-state index in [4.69, 9.17) is 27.9 Å². The molecule has 1 aromatic carbocycles. The first-order chi connectivity index (χ1) is 10.9. The normalized spacial score (nSPS) is 12.0. The van der Waals surface area contributed by atoms with Gasteiger partial charge in [0.05, 0.1) is 17.9 Å². The molecule has 0 saturated heterocycles. The Morgan fingerprint density at radius 3 is 2.17 bits per heavy atom. The summed E-state index contributed by atoms with van der Waals surface area (Å²) in [5.41, 5.74) is 0. The van der Waals surface area contributed by atoms with Crippen LogP contribution in [0.3, 0.4) is 0 Å². The first kappa shape index (κ1) is 20.4. The number of hydrogen-bond donors (Lipinski definition) is 0. The molecule has 0 N–H and O–H groups in total. The summed E-state index contributed by atoms with van der Waals surface area (Å²) in [6.07, 6.45) is -7.19. The van der Waals surface area contributed by atoms with E-state index < -0.39 is 43.5 Å². The summed E-state index contributed by atoms with van der Waals surface area (Å²) < 4.78 is 69.3. The van der Waals surface area contributed by atoms with Crippen LogP contribution in [0.5, 0.6) is 5.75 Å². The Morgan fingerprint density at radius 2 is 1.58 bits per heavy atom. The standard InChI is InChI=1S/C13H9Cl2F5O4/c14-7-2-1-3-8(11(7)15)24-10(22)5-4-9(21)23-6-12(16,17)13(18,19)20/h1-3H,4-6H2. The van der Waals surface area contributed by atoms with Crippen molar-refractivity contribution in [2.75, 3.05) is 6.61 Å². The molecule has 0 spiro atoms. The van der Waals surface area contributed by atoms with Crippen LogP contribution >= 0.6 is 23.2 Å². The predicted molar refractivity (Wildman–Crippen MR) is 73.3 cm³/mol. The summed E-state index contributed by atoms with van der Waals surface area (Å²) in [5.74, 6) is -7.64. The lowest BCUT2D eigenvalue weighted by Gasteiger charge is -2.18. The molecule has 0 fully saturated rings. The smallest absolute Gasteiger partial charge is 0.456 e. The Bertz CT molecular complexity index is 619. The molecule has 0 amide bonds. The number of esters is 2. The average molecular weight is 395 g/mol. The van der Waals surface area contributed by atoms with Crippen LogP contribution in [-0.4, -0.2) is 30.6 Å². The molecule has 0 heterocycles. The van der Waals surface area contributed by atoms with E-state index in [0.717, 1.165) is 0 Å². The largest absolute Gasteiger partial charge is 0.459 e. The van der Waals surface area contributed by atoms with Gasteiger partial charge in [-0.1, -0.05) is 29.3 Å². The second kappa shape index (κ2) is 7.98. The Balaban J connectivity index is 2.45. The van der Waals surface area contributed by atoms with Crippen molar-refractivity contribution < 1.29 is 41.0 Å². The maximum atomic E-state index is 12.5. The van der Waals surface area contributed by atoms with Crippen LogP contribution in [0.2, 0.25) is 10.0 Å². The van der Waals surface area contributed by atoms with Crippen LogP contribution in [0.15, 0.2) is 18.2 Å². The maximum Gasteiger partial charge on any atom is 0.456 e. The first-order valence-corrected chi connectivity index (χ1v) is 6.94. The molecule has 0 aliphatic rings. The molecule has 1 rings (SSSR count). The molecule has 4 nitrogen and oxygen atoms in total. The molecule has 0 unspecified atom stereocenters. The number of carbonyl (C=O) groups excluding carboxylic acids is 2. The summed E-state index contributed by atoms with van der Waals surface area (Å²) in [5, 5.41) is 0.0515. The second-order valence-electron chi connectivity index (χ2n) is 4.39. The van der Waals surface area contributed by atoms with Gasteiger partial charge in [0.1, 0.15) is 5.02 Å². The molecular formula is C13H9Cl2F5O4. The van der Waals surface area contributed by atoms with E-state index in [1.807, 2.05) is 0 Å². The van der Waals surface area contributed by atoms with Crippen LogP contribution in [-0.2, 0) is 14.3 Å². The number of hydrogen-bond acceptors (Lipinski definition) is 4. The Kier molecular flexibility index (Phi) is 6.79. The highest BCUT2D eigenvalue weighted by molar-refractivity contribution is 6.43. The summed E-state index contributed by atoms with van der Waals surface area (Å²) in [6, 6.07) is 4.18. The monoisotopic (exact) mass is 394 g/mol. The van der Waals surface area contributed by atoms with E-state index in [1.54, 1.807) is 0 Å². The molecule has 0 radical (unpaired) electrons. The van der Waals surface area contributed by atoms with Gasteiger partial charge in [-0.15, -0.1) is 0 Å². The topological polar surface area (TPSA) is 52.6 Å². The number of alkyl halides is 5. The first-order valence-electron chi connectivity index (χ1n) is 6.19. The van der Waals surface area contributed by atoms with E-state index in [1.165, 1.54) is 18.2 Å². The third-order valence-electron chi connectivity index (χ3n) is 2.50. The summed E-state index contributed by atoms with van der Waals surface area (Å²) in [7, 11) is 0. The van der Waals surface area contributed by atoms with Crippen LogP contribution in [0.25, 0.3) is 0 Å². The molecular weight excluding hydrogens is 386 g/mol. The average Bonchev–Trinajstić information content (AvgIpc) is 2.46. The molecule has 0 aliphatic heterocycles. The number of ether oxygens (including phenoxy) is 2. The van der Waals surface area contributed by atoms with Gasteiger partial charge in [0, 0.05) is 0 Å². The summed E-state index contributed by atoms with van der Waals surface area (Å²) in [6.45, 7) is -2.16. The Morgan fingerprint density at radius 1 is 1.00 bits per heavy atom. The molecule has 11 heteroatoms. The lowest BCUT2D eigenvalue weighted by Crippen LogP contribution is -2.41. The van der Waals surface area contributed by atoms with Crippen molar-refractivity contribution in [1.29, 1.82) is 0 Å². The van der Waals surface area contributed by atoms with Crippen molar-refractivity contribution in [1.82, 2.24) is 0 Å². The third-order valence-corrected chi connectivity index (χ3v) is 3.30. The fourth-order valence-corrected chi connectivity index (χ4v) is 1.60. The lowest BCUT2D eigenvalue weighted by molar-refractivity contribution is -0.294. The molecule has 0 bridgehead atoms. The highest BCUT2D eigenvalue weighted by Gasteiger charge is 2.58. The van der Waals surface area contributed by atoms with Gasteiger partial charge in [-0.3, -0.25) is 9.59 Å². The van der Waals surface area contributed by atoms with E-state index in [2.05, 4.69) is 4.74 Å². The highest BCUT2D eigenvalue weighted by atomic mass is 35.5. The molecule has 24 heavy (non-hydrogen) atoms. The highest BCUT2D eigenvalue weighted by Crippen LogP contribution is 2.35. The van der Waals surface area contributed by atoms with Crippen LogP contribution in [0.1, 0.15) is 12.8 Å². The van der Waals surface area contributed by atoms with E-state index >= 15 is 0 Å². The van der Waals surface area contributed by atoms with Gasteiger partial charge >= 0.3 is 24.0 Å². The molecule has 0 aromatic heterocycles. The third kappa shape index (κ3) is 5.79. The van der Waals surface area contributed by atoms with Gasteiger partial charge in [0.15, 0.2) is 12.4 Å². The van der Waals surface area contributed by atoms with Gasteiger partial charge in [-0.25, -0.2) is 0 Å². The quantitative estimate of drug-likeness (QED) is 0.407. The van der Waals surface area contributed by atoms with E-state index in [9.17, 15) is 31.5 Å². The van der Waals surface area contributed by atoms with Crippen molar-refractivity contribution in [2.45, 2.75) is 24.9 Å². The number of benzene rings is 1. The molecule has 1 aromatic rings. The van der Waals surface area contributed by atoms with Gasteiger partial charge in [0.25, 0.3) is 0 Å². The summed E-state index contributed by atoms with van der Waals surface area (Å²) >= 11 is 11.4. The van der Waals surface area contributed by atoms with Crippen molar-refractivity contribution in [3.8, 4) is 5.75 Å². The SMILES string of the molecule is O=C(CCC(=O)Oc1cccc(Cl)c1Cl)OCC(F)(F)C(F)(F)F. The number of carbonyl (C=O) groups is 2. The van der Waals surface area contributed by atoms with Crippen LogP contribution < -0.4 is 4.74 Å². The zero-order valence-corrected chi connectivity index (χ0v) is 13.1. The van der Waals surface area contributed by atoms with Crippen molar-refractivity contribution in [2.24, 2.45) is 0 Å². The van der Waals surface area contributed by atoms with Crippen molar-refractivity contribution in [3.63, 3.8) is 0 Å². The van der Waals surface area contributed by atoms with Crippen molar-refractivity contribution in [3.05, 3.63) is 28.2 Å². The second-order valence-corrected chi connectivity index (χ2v) is 5.17. The predicted octanol–water partition coefficient (Wildman–Crippen LogP) is 4.42. The van der Waals surface area contributed by atoms with E-state index in [0.29, 0.717) is 0 Å². The van der Waals surface area contributed by atoms with Crippen LogP contribution in [0.4, 0.5) is 22.0 Å². The minimum Gasteiger partial charge on any atom is -0.459 e.